The first-order chi connectivity index (χ1) is 16.1. The zero-order valence-corrected chi connectivity index (χ0v) is 18.5. The van der Waals surface area contributed by atoms with E-state index in [0.717, 1.165) is 36.3 Å². The predicted molar refractivity (Wildman–Crippen MR) is 127 cm³/mol. The zero-order valence-electron chi connectivity index (χ0n) is 18.5. The van der Waals surface area contributed by atoms with Crippen molar-refractivity contribution in [2.45, 2.75) is 62.6 Å². The zero-order chi connectivity index (χ0) is 22.8. The van der Waals surface area contributed by atoms with Gasteiger partial charge in [-0.3, -0.25) is 9.36 Å². The summed E-state index contributed by atoms with van der Waals surface area (Å²) in [4.78, 5) is 16.5. The highest BCUT2D eigenvalue weighted by molar-refractivity contribution is 5.45. The standard InChI is InChI=1S/C26H30N4O3/c31-24-14-15-27-23-13-12-22(30(23)24)26(33)29-19-8-6-17(7-9-19)16-20-10-11-21(28-20)25(32)18-4-2-1-3-5-18/h1-9,14-15,20-22,25-26,28-29,32-33H,10-13,16H2/t20?,21-,22+,25-,26?/m1/s1. The number of fused-ring (bicyclic) bond motifs is 1. The third-order valence-corrected chi connectivity index (χ3v) is 6.86. The first-order valence-corrected chi connectivity index (χ1v) is 11.7. The molecule has 2 aliphatic rings. The molecule has 4 N–H and O–H groups in total. The van der Waals surface area contributed by atoms with Crippen LogP contribution in [0.5, 0.6) is 0 Å². The summed E-state index contributed by atoms with van der Waals surface area (Å²) in [6.45, 7) is 0. The van der Waals surface area contributed by atoms with Crippen molar-refractivity contribution in [2.75, 3.05) is 5.32 Å². The van der Waals surface area contributed by atoms with Crippen molar-refractivity contribution in [3.63, 3.8) is 0 Å². The van der Waals surface area contributed by atoms with E-state index in [-0.39, 0.29) is 17.6 Å². The fraction of sp³-hybridized carbons (Fsp3) is 0.385. The van der Waals surface area contributed by atoms with E-state index in [1.165, 1.54) is 17.8 Å². The van der Waals surface area contributed by atoms with Gasteiger partial charge in [0, 0.05) is 36.5 Å². The van der Waals surface area contributed by atoms with Gasteiger partial charge in [0.15, 0.2) is 0 Å². The molecule has 0 saturated carbocycles. The van der Waals surface area contributed by atoms with Crippen LogP contribution in [0.15, 0.2) is 71.7 Å². The average molecular weight is 447 g/mol. The van der Waals surface area contributed by atoms with Crippen molar-refractivity contribution >= 4 is 5.69 Å². The molecule has 1 saturated heterocycles. The molecule has 1 aromatic heterocycles. The van der Waals surface area contributed by atoms with E-state index in [9.17, 15) is 15.0 Å². The molecule has 7 nitrogen and oxygen atoms in total. The Kier molecular flexibility index (Phi) is 6.26. The molecule has 3 aromatic rings. The molecule has 0 amide bonds. The Labute approximate surface area is 193 Å². The van der Waals surface area contributed by atoms with Gasteiger partial charge in [0.05, 0.1) is 12.1 Å². The Morgan fingerprint density at radius 1 is 1.03 bits per heavy atom. The molecule has 33 heavy (non-hydrogen) atoms. The van der Waals surface area contributed by atoms with Crippen molar-refractivity contribution in [1.82, 2.24) is 14.9 Å². The van der Waals surface area contributed by atoms with Gasteiger partial charge in [-0.2, -0.15) is 0 Å². The molecule has 2 aliphatic heterocycles. The van der Waals surface area contributed by atoms with Crippen LogP contribution < -0.4 is 16.2 Å². The Morgan fingerprint density at radius 2 is 1.82 bits per heavy atom. The van der Waals surface area contributed by atoms with E-state index in [0.29, 0.717) is 18.9 Å². The topological polar surface area (TPSA) is 99.4 Å². The van der Waals surface area contributed by atoms with Crippen molar-refractivity contribution in [3.8, 4) is 0 Å². The molecule has 2 aromatic carbocycles. The highest BCUT2D eigenvalue weighted by Crippen LogP contribution is 2.28. The minimum Gasteiger partial charge on any atom is -0.387 e. The minimum atomic E-state index is -0.865. The van der Waals surface area contributed by atoms with Gasteiger partial charge in [0.1, 0.15) is 12.1 Å². The largest absolute Gasteiger partial charge is 0.387 e. The minimum absolute atomic E-state index is 0.0701. The maximum absolute atomic E-state index is 12.2. The number of rotatable bonds is 7. The Balaban J connectivity index is 1.16. The first kappa shape index (κ1) is 21.8. The summed E-state index contributed by atoms with van der Waals surface area (Å²) < 4.78 is 1.60. The van der Waals surface area contributed by atoms with Crippen LogP contribution in [-0.2, 0) is 12.8 Å². The molecule has 5 rings (SSSR count). The number of anilines is 1. The Bertz CT molecular complexity index is 1130. The van der Waals surface area contributed by atoms with Gasteiger partial charge in [-0.1, -0.05) is 42.5 Å². The van der Waals surface area contributed by atoms with Gasteiger partial charge in [0.2, 0.25) is 0 Å². The second-order valence-electron chi connectivity index (χ2n) is 9.07. The number of aliphatic hydroxyl groups is 2. The molecule has 172 valence electrons. The smallest absolute Gasteiger partial charge is 0.253 e. The molecule has 7 heteroatoms. The number of aryl methyl sites for hydroxylation is 1. The van der Waals surface area contributed by atoms with Crippen LogP contribution in [0.2, 0.25) is 0 Å². The monoisotopic (exact) mass is 446 g/mol. The fourth-order valence-corrected chi connectivity index (χ4v) is 5.13. The SMILES string of the molecule is O=c1ccnc2n1[C@H](C(O)Nc1ccc(CC3CC[C@H]([C@H](O)c4ccccc4)N3)cc1)CC2. The number of hydrogen-bond acceptors (Lipinski definition) is 6. The summed E-state index contributed by atoms with van der Waals surface area (Å²) in [5.41, 5.74) is 2.84. The van der Waals surface area contributed by atoms with Crippen LogP contribution in [0.1, 0.15) is 48.4 Å². The molecule has 0 bridgehead atoms. The average Bonchev–Trinajstić information content (AvgIpc) is 3.49. The summed E-state index contributed by atoms with van der Waals surface area (Å²) >= 11 is 0. The summed E-state index contributed by atoms with van der Waals surface area (Å²) in [5, 5.41) is 28.1. The quantitative estimate of drug-likeness (QED) is 0.417. The number of aliphatic hydroxyl groups excluding tert-OH is 2. The number of hydrogen-bond donors (Lipinski definition) is 4. The molecular formula is C26H30N4O3. The lowest BCUT2D eigenvalue weighted by Gasteiger charge is -2.23. The first-order valence-electron chi connectivity index (χ1n) is 11.7. The highest BCUT2D eigenvalue weighted by atomic mass is 16.3. The van der Waals surface area contributed by atoms with Crippen molar-refractivity contribution in [1.29, 1.82) is 0 Å². The summed E-state index contributed by atoms with van der Waals surface area (Å²) in [5.74, 6) is 0.725. The predicted octanol–water partition coefficient (Wildman–Crippen LogP) is 2.56. The summed E-state index contributed by atoms with van der Waals surface area (Å²) in [7, 11) is 0. The molecule has 1 fully saturated rings. The highest BCUT2D eigenvalue weighted by Gasteiger charge is 2.31. The fourth-order valence-electron chi connectivity index (χ4n) is 5.13. The third kappa shape index (κ3) is 4.71. The van der Waals surface area contributed by atoms with E-state index in [2.05, 4.69) is 27.8 Å². The molecule has 0 spiro atoms. The van der Waals surface area contributed by atoms with Gasteiger partial charge in [-0.15, -0.1) is 0 Å². The van der Waals surface area contributed by atoms with Crippen molar-refractivity contribution in [2.24, 2.45) is 0 Å². The molecular weight excluding hydrogens is 416 g/mol. The number of nitrogens with zero attached hydrogens (tertiary/aromatic N) is 2. The van der Waals surface area contributed by atoms with Crippen LogP contribution in [0.4, 0.5) is 5.69 Å². The normalized spacial score (nSPS) is 23.8. The molecule has 3 heterocycles. The van der Waals surface area contributed by atoms with Gasteiger partial charge in [-0.05, 0) is 48.9 Å². The van der Waals surface area contributed by atoms with E-state index in [1.807, 2.05) is 42.5 Å². The van der Waals surface area contributed by atoms with E-state index in [1.54, 1.807) is 4.57 Å². The maximum Gasteiger partial charge on any atom is 0.253 e. The van der Waals surface area contributed by atoms with Gasteiger partial charge in [-0.25, -0.2) is 4.98 Å². The second kappa shape index (κ2) is 9.47. The number of nitrogens with one attached hydrogen (secondary N) is 2. The molecule has 0 radical (unpaired) electrons. The van der Waals surface area contributed by atoms with Crippen molar-refractivity contribution < 1.29 is 10.2 Å². The lowest BCUT2D eigenvalue weighted by atomic mass is 10.0. The van der Waals surface area contributed by atoms with E-state index < -0.39 is 12.3 Å². The van der Waals surface area contributed by atoms with E-state index >= 15 is 0 Å². The van der Waals surface area contributed by atoms with Gasteiger partial charge in [0.25, 0.3) is 5.56 Å². The van der Waals surface area contributed by atoms with E-state index in [4.69, 9.17) is 0 Å². The second-order valence-corrected chi connectivity index (χ2v) is 9.07. The summed E-state index contributed by atoms with van der Waals surface area (Å²) in [6.07, 6.45) is 4.40. The van der Waals surface area contributed by atoms with Crippen LogP contribution in [0.3, 0.4) is 0 Å². The third-order valence-electron chi connectivity index (χ3n) is 6.86. The van der Waals surface area contributed by atoms with Crippen LogP contribution >= 0.6 is 0 Å². The van der Waals surface area contributed by atoms with Crippen LogP contribution in [0.25, 0.3) is 0 Å². The van der Waals surface area contributed by atoms with Crippen LogP contribution in [0, 0.1) is 0 Å². The summed E-state index contributed by atoms with van der Waals surface area (Å²) in [6, 6.07) is 19.4. The maximum atomic E-state index is 12.2. The number of benzene rings is 2. The van der Waals surface area contributed by atoms with Crippen LogP contribution in [-0.4, -0.2) is 38.1 Å². The molecule has 0 aliphatic carbocycles. The lowest BCUT2D eigenvalue weighted by molar-refractivity contribution is 0.135. The number of aromatic nitrogens is 2. The molecule has 2 unspecified atom stereocenters. The lowest BCUT2D eigenvalue weighted by Crippen LogP contribution is -2.35. The van der Waals surface area contributed by atoms with Crippen molar-refractivity contribution in [3.05, 3.63) is 94.2 Å². The molecule has 5 atom stereocenters. The Morgan fingerprint density at radius 3 is 2.61 bits per heavy atom. The van der Waals surface area contributed by atoms with Gasteiger partial charge < -0.3 is 20.8 Å². The Hall–Kier alpha value is -3.00. The van der Waals surface area contributed by atoms with Gasteiger partial charge >= 0.3 is 0 Å².